The summed E-state index contributed by atoms with van der Waals surface area (Å²) in [7, 11) is 0. The SMILES string of the molecule is Cc1ccc(OCCOc2cccc(C=C3N=C(c4ccc(C)cc4)OC3=O)c2)cc1. The maximum Gasteiger partial charge on any atom is 0.363 e. The molecular weight excluding hydrogens is 390 g/mol. The Hall–Kier alpha value is -3.86. The van der Waals surface area contributed by atoms with Gasteiger partial charge >= 0.3 is 5.97 Å². The van der Waals surface area contributed by atoms with E-state index in [-0.39, 0.29) is 5.70 Å². The number of ether oxygens (including phenoxy) is 3. The standard InChI is InChI=1S/C26H23NO4/c1-18-6-10-21(11-7-18)25-27-24(26(28)31-25)17-20-4-3-5-23(16-20)30-15-14-29-22-12-8-19(2)9-13-22/h3-13,16-17H,14-15H2,1-2H3. The van der Waals surface area contributed by atoms with E-state index in [1.165, 1.54) is 5.56 Å². The number of carbonyl (C=O) groups is 1. The van der Waals surface area contributed by atoms with Gasteiger partial charge in [0.05, 0.1) is 0 Å². The van der Waals surface area contributed by atoms with Gasteiger partial charge in [0.15, 0.2) is 5.70 Å². The Morgan fingerprint density at radius 3 is 2.19 bits per heavy atom. The van der Waals surface area contributed by atoms with Gasteiger partial charge < -0.3 is 14.2 Å². The highest BCUT2D eigenvalue weighted by Crippen LogP contribution is 2.21. The Kier molecular flexibility index (Phi) is 6.13. The van der Waals surface area contributed by atoms with E-state index in [1.807, 2.05) is 86.6 Å². The molecule has 0 amide bonds. The maximum absolute atomic E-state index is 12.2. The second-order valence-corrected chi connectivity index (χ2v) is 7.28. The van der Waals surface area contributed by atoms with Gasteiger partial charge in [-0.3, -0.25) is 0 Å². The Bertz CT molecular complexity index is 1130. The first-order valence-electron chi connectivity index (χ1n) is 10.1. The van der Waals surface area contributed by atoms with Crippen LogP contribution in [0.2, 0.25) is 0 Å². The van der Waals surface area contributed by atoms with Crippen molar-refractivity contribution in [2.24, 2.45) is 4.99 Å². The quantitative estimate of drug-likeness (QED) is 0.307. The van der Waals surface area contributed by atoms with Crippen LogP contribution in [0.5, 0.6) is 11.5 Å². The molecule has 0 saturated heterocycles. The minimum atomic E-state index is -0.464. The van der Waals surface area contributed by atoms with E-state index < -0.39 is 5.97 Å². The lowest BCUT2D eigenvalue weighted by molar-refractivity contribution is -0.129. The number of cyclic esters (lactones) is 1. The van der Waals surface area contributed by atoms with Gasteiger partial charge in [0.1, 0.15) is 24.7 Å². The van der Waals surface area contributed by atoms with Gasteiger partial charge in [0.25, 0.3) is 0 Å². The molecular formula is C26H23NO4. The predicted molar refractivity (Wildman–Crippen MR) is 120 cm³/mol. The lowest BCUT2D eigenvalue weighted by atomic mass is 10.1. The van der Waals surface area contributed by atoms with Crippen LogP contribution in [0.3, 0.4) is 0 Å². The molecule has 0 aliphatic carbocycles. The highest BCUT2D eigenvalue weighted by Gasteiger charge is 2.24. The first-order chi connectivity index (χ1) is 15.1. The van der Waals surface area contributed by atoms with Crippen molar-refractivity contribution in [2.45, 2.75) is 13.8 Å². The molecule has 5 nitrogen and oxygen atoms in total. The van der Waals surface area contributed by atoms with E-state index >= 15 is 0 Å². The minimum absolute atomic E-state index is 0.260. The number of nitrogens with zero attached hydrogens (tertiary/aromatic N) is 1. The van der Waals surface area contributed by atoms with Crippen LogP contribution in [0.15, 0.2) is 83.5 Å². The molecule has 1 heterocycles. The molecule has 1 aliphatic heterocycles. The molecule has 31 heavy (non-hydrogen) atoms. The maximum atomic E-state index is 12.2. The van der Waals surface area contributed by atoms with Gasteiger partial charge in [-0.2, -0.15) is 0 Å². The largest absolute Gasteiger partial charge is 0.490 e. The zero-order valence-electron chi connectivity index (χ0n) is 17.5. The van der Waals surface area contributed by atoms with Crippen LogP contribution in [-0.4, -0.2) is 25.1 Å². The van der Waals surface area contributed by atoms with E-state index in [9.17, 15) is 4.79 Å². The van der Waals surface area contributed by atoms with Gasteiger partial charge in [-0.25, -0.2) is 9.79 Å². The molecule has 5 heteroatoms. The molecule has 0 spiro atoms. The Morgan fingerprint density at radius 1 is 0.839 bits per heavy atom. The second-order valence-electron chi connectivity index (χ2n) is 7.28. The predicted octanol–water partition coefficient (Wildman–Crippen LogP) is 5.11. The number of aliphatic imine (C=N–C) groups is 1. The van der Waals surface area contributed by atoms with Crippen LogP contribution in [0.4, 0.5) is 0 Å². The monoisotopic (exact) mass is 413 g/mol. The number of aryl methyl sites for hydroxylation is 2. The van der Waals surface area contributed by atoms with Crippen molar-refractivity contribution in [2.75, 3.05) is 13.2 Å². The molecule has 0 saturated carbocycles. The molecule has 0 fully saturated rings. The minimum Gasteiger partial charge on any atom is -0.490 e. The zero-order valence-corrected chi connectivity index (χ0v) is 17.5. The van der Waals surface area contributed by atoms with Crippen molar-refractivity contribution in [1.29, 1.82) is 0 Å². The molecule has 0 bridgehead atoms. The number of carbonyl (C=O) groups excluding carboxylic acids is 1. The highest BCUT2D eigenvalue weighted by molar-refractivity contribution is 6.12. The fourth-order valence-corrected chi connectivity index (χ4v) is 3.03. The molecule has 0 N–H and O–H groups in total. The summed E-state index contributed by atoms with van der Waals surface area (Å²) in [4.78, 5) is 16.6. The number of esters is 1. The molecule has 3 aromatic rings. The van der Waals surface area contributed by atoms with Gasteiger partial charge in [-0.15, -0.1) is 0 Å². The van der Waals surface area contributed by atoms with Crippen molar-refractivity contribution in [3.8, 4) is 11.5 Å². The third-order valence-corrected chi connectivity index (χ3v) is 4.72. The van der Waals surface area contributed by atoms with Crippen molar-refractivity contribution < 1.29 is 19.0 Å². The summed E-state index contributed by atoms with van der Waals surface area (Å²) in [6, 6.07) is 23.0. The fourth-order valence-electron chi connectivity index (χ4n) is 3.03. The summed E-state index contributed by atoms with van der Waals surface area (Å²) in [6.45, 7) is 4.88. The Labute approximate surface area is 181 Å². The lowest BCUT2D eigenvalue weighted by Gasteiger charge is -2.09. The Morgan fingerprint density at radius 2 is 1.48 bits per heavy atom. The fraction of sp³-hybridized carbons (Fsp3) is 0.154. The van der Waals surface area contributed by atoms with Crippen LogP contribution in [0, 0.1) is 13.8 Å². The first kappa shape index (κ1) is 20.4. The molecule has 4 rings (SSSR count). The first-order valence-corrected chi connectivity index (χ1v) is 10.1. The average molecular weight is 413 g/mol. The van der Waals surface area contributed by atoms with Crippen molar-refractivity contribution in [1.82, 2.24) is 0 Å². The van der Waals surface area contributed by atoms with Crippen molar-refractivity contribution in [3.05, 3.63) is 101 Å². The molecule has 0 unspecified atom stereocenters. The van der Waals surface area contributed by atoms with Crippen LogP contribution < -0.4 is 9.47 Å². The summed E-state index contributed by atoms with van der Waals surface area (Å²) < 4.78 is 16.8. The lowest BCUT2D eigenvalue weighted by Crippen LogP contribution is -2.09. The number of rotatable bonds is 7. The van der Waals surface area contributed by atoms with Crippen LogP contribution in [-0.2, 0) is 9.53 Å². The van der Waals surface area contributed by atoms with E-state index in [4.69, 9.17) is 14.2 Å². The molecule has 0 radical (unpaired) electrons. The summed E-state index contributed by atoms with van der Waals surface area (Å²) in [6.07, 6.45) is 1.69. The normalized spacial score (nSPS) is 14.3. The molecule has 1 aliphatic rings. The number of benzene rings is 3. The van der Waals surface area contributed by atoms with Crippen molar-refractivity contribution in [3.63, 3.8) is 0 Å². The van der Waals surface area contributed by atoms with Crippen LogP contribution in [0.1, 0.15) is 22.3 Å². The van der Waals surface area contributed by atoms with E-state index in [0.29, 0.717) is 24.9 Å². The smallest absolute Gasteiger partial charge is 0.363 e. The number of hydrogen-bond acceptors (Lipinski definition) is 5. The van der Waals surface area contributed by atoms with Crippen LogP contribution in [0.25, 0.3) is 6.08 Å². The zero-order chi connectivity index (χ0) is 21.6. The van der Waals surface area contributed by atoms with E-state index in [1.54, 1.807) is 6.08 Å². The van der Waals surface area contributed by atoms with E-state index in [2.05, 4.69) is 4.99 Å². The third-order valence-electron chi connectivity index (χ3n) is 4.72. The van der Waals surface area contributed by atoms with Gasteiger partial charge in [-0.1, -0.05) is 47.5 Å². The summed E-state index contributed by atoms with van der Waals surface area (Å²) >= 11 is 0. The molecule has 0 aromatic heterocycles. The molecule has 156 valence electrons. The Balaban J connectivity index is 1.38. The van der Waals surface area contributed by atoms with Gasteiger partial charge in [0, 0.05) is 5.56 Å². The third kappa shape index (κ3) is 5.39. The van der Waals surface area contributed by atoms with Crippen molar-refractivity contribution >= 4 is 17.9 Å². The molecule has 0 atom stereocenters. The van der Waals surface area contributed by atoms with Crippen LogP contribution >= 0.6 is 0 Å². The second kappa shape index (κ2) is 9.30. The molecule has 3 aromatic carbocycles. The van der Waals surface area contributed by atoms with Gasteiger partial charge in [-0.05, 0) is 61.9 Å². The summed E-state index contributed by atoms with van der Waals surface area (Å²) in [5, 5.41) is 0. The summed E-state index contributed by atoms with van der Waals surface area (Å²) in [5.74, 6) is 1.36. The average Bonchev–Trinajstić information content (AvgIpc) is 3.13. The van der Waals surface area contributed by atoms with Gasteiger partial charge in [0.2, 0.25) is 5.90 Å². The number of hydrogen-bond donors (Lipinski definition) is 0. The van der Waals surface area contributed by atoms with E-state index in [0.717, 1.165) is 22.4 Å². The highest BCUT2D eigenvalue weighted by atomic mass is 16.6. The topological polar surface area (TPSA) is 57.1 Å². The summed E-state index contributed by atoms with van der Waals surface area (Å²) in [5.41, 5.74) is 4.16.